The molecule has 0 radical (unpaired) electrons. The monoisotopic (exact) mass is 357 g/mol. The van der Waals surface area contributed by atoms with Crippen LogP contribution < -0.4 is 15.5 Å². The van der Waals surface area contributed by atoms with Crippen LogP contribution in [0.2, 0.25) is 0 Å². The van der Waals surface area contributed by atoms with Gasteiger partial charge in [0.25, 0.3) is 5.91 Å². The van der Waals surface area contributed by atoms with Gasteiger partial charge in [0.05, 0.1) is 16.9 Å². The number of thiocarbonyl (C=S) groups is 1. The molecule has 1 heterocycles. The lowest BCUT2D eigenvalue weighted by Gasteiger charge is -2.30. The van der Waals surface area contributed by atoms with E-state index in [1.807, 2.05) is 24.3 Å². The van der Waals surface area contributed by atoms with E-state index >= 15 is 0 Å². The van der Waals surface area contributed by atoms with E-state index in [4.69, 9.17) is 12.2 Å². The summed E-state index contributed by atoms with van der Waals surface area (Å²) in [7, 11) is 0. The van der Waals surface area contributed by atoms with E-state index < -0.39 is 11.7 Å². The molecule has 0 bridgehead atoms. The fraction of sp³-hybridized carbons (Fsp3) is 0.263. The maximum absolute atomic E-state index is 13.7. The molecule has 25 heavy (non-hydrogen) atoms. The van der Waals surface area contributed by atoms with Crippen LogP contribution in [0.25, 0.3) is 0 Å². The third-order valence-electron chi connectivity index (χ3n) is 4.19. The van der Waals surface area contributed by atoms with Crippen LogP contribution in [0, 0.1) is 5.82 Å². The van der Waals surface area contributed by atoms with Crippen molar-refractivity contribution in [1.82, 2.24) is 5.32 Å². The van der Waals surface area contributed by atoms with Crippen LogP contribution in [0.3, 0.4) is 0 Å². The smallest absolute Gasteiger partial charge is 0.260 e. The Hall–Kier alpha value is -2.47. The van der Waals surface area contributed by atoms with E-state index in [0.717, 1.165) is 24.5 Å². The molecular formula is C19H20FN3OS. The number of anilines is 2. The highest BCUT2D eigenvalue weighted by Gasteiger charge is 2.16. The average Bonchev–Trinajstić information content (AvgIpc) is 2.63. The highest BCUT2D eigenvalue weighted by Crippen LogP contribution is 2.28. The molecule has 0 spiro atoms. The topological polar surface area (TPSA) is 44.4 Å². The zero-order valence-corrected chi connectivity index (χ0v) is 14.6. The third kappa shape index (κ3) is 4.33. The molecule has 2 N–H and O–H groups in total. The van der Waals surface area contributed by atoms with Gasteiger partial charge in [-0.25, -0.2) is 4.39 Å². The van der Waals surface area contributed by atoms with Gasteiger partial charge >= 0.3 is 0 Å². The number of amides is 1. The predicted molar refractivity (Wildman–Crippen MR) is 103 cm³/mol. The molecule has 3 rings (SSSR count). The van der Waals surface area contributed by atoms with Gasteiger partial charge in [0.2, 0.25) is 0 Å². The number of benzene rings is 2. The second-order valence-corrected chi connectivity index (χ2v) is 6.36. The van der Waals surface area contributed by atoms with Crippen LogP contribution in [-0.4, -0.2) is 24.1 Å². The number of hydrogen-bond donors (Lipinski definition) is 2. The number of para-hydroxylation sites is 2. The molecule has 1 fully saturated rings. The van der Waals surface area contributed by atoms with Gasteiger partial charge in [-0.1, -0.05) is 24.3 Å². The van der Waals surface area contributed by atoms with Crippen molar-refractivity contribution < 1.29 is 9.18 Å². The molecule has 0 unspecified atom stereocenters. The summed E-state index contributed by atoms with van der Waals surface area (Å²) in [6, 6.07) is 13.7. The molecule has 1 saturated heterocycles. The van der Waals surface area contributed by atoms with Gasteiger partial charge in [0.1, 0.15) is 5.82 Å². The molecule has 130 valence electrons. The minimum Gasteiger partial charge on any atom is -0.370 e. The molecule has 2 aromatic rings. The molecule has 6 heteroatoms. The lowest BCUT2D eigenvalue weighted by atomic mass is 10.1. The minimum absolute atomic E-state index is 0.0315. The molecular weight excluding hydrogens is 337 g/mol. The SMILES string of the molecule is O=C(NC(=S)Nc1ccccc1N1CCCCC1)c1ccccc1F. The summed E-state index contributed by atoms with van der Waals surface area (Å²) in [5, 5.41) is 5.75. The van der Waals surface area contributed by atoms with Crippen molar-refractivity contribution in [3.8, 4) is 0 Å². The van der Waals surface area contributed by atoms with Gasteiger partial charge in [0, 0.05) is 13.1 Å². The average molecular weight is 357 g/mol. The summed E-state index contributed by atoms with van der Waals surface area (Å²) in [4.78, 5) is 14.5. The quantitative estimate of drug-likeness (QED) is 0.817. The number of carbonyl (C=O) groups is 1. The summed E-state index contributed by atoms with van der Waals surface area (Å²) >= 11 is 5.23. The number of hydrogen-bond acceptors (Lipinski definition) is 3. The van der Waals surface area contributed by atoms with Gasteiger partial charge in [-0.05, 0) is 55.7 Å². The van der Waals surface area contributed by atoms with Crippen LogP contribution in [0.5, 0.6) is 0 Å². The van der Waals surface area contributed by atoms with Crippen LogP contribution in [-0.2, 0) is 0 Å². The molecule has 4 nitrogen and oxygen atoms in total. The standard InChI is InChI=1S/C19H20FN3OS/c20-15-9-3-2-8-14(15)18(24)22-19(25)21-16-10-4-5-11-17(16)23-12-6-1-7-13-23/h2-5,8-11H,1,6-7,12-13H2,(H2,21,22,24,25). The number of piperidine rings is 1. The summed E-state index contributed by atoms with van der Waals surface area (Å²) in [5.41, 5.74) is 1.86. The summed E-state index contributed by atoms with van der Waals surface area (Å²) in [6.45, 7) is 2.01. The zero-order valence-electron chi connectivity index (χ0n) is 13.8. The van der Waals surface area contributed by atoms with Crippen molar-refractivity contribution in [2.45, 2.75) is 19.3 Å². The van der Waals surface area contributed by atoms with E-state index in [1.54, 1.807) is 6.07 Å². The number of nitrogens with one attached hydrogen (secondary N) is 2. The lowest BCUT2D eigenvalue weighted by Crippen LogP contribution is -2.36. The Morgan fingerprint density at radius 2 is 1.68 bits per heavy atom. The molecule has 0 aromatic heterocycles. The van der Waals surface area contributed by atoms with Crippen LogP contribution >= 0.6 is 12.2 Å². The Kier molecular flexibility index (Phi) is 5.60. The molecule has 0 aliphatic carbocycles. The first-order valence-corrected chi connectivity index (χ1v) is 8.77. The maximum atomic E-state index is 13.7. The maximum Gasteiger partial charge on any atom is 0.260 e. The summed E-state index contributed by atoms with van der Waals surface area (Å²) in [5.74, 6) is -1.14. The van der Waals surface area contributed by atoms with Gasteiger partial charge in [-0.15, -0.1) is 0 Å². The Balaban J connectivity index is 1.69. The van der Waals surface area contributed by atoms with Crippen LogP contribution in [0.1, 0.15) is 29.6 Å². The normalized spacial score (nSPS) is 14.0. The van der Waals surface area contributed by atoms with Crippen molar-refractivity contribution in [1.29, 1.82) is 0 Å². The van der Waals surface area contributed by atoms with Gasteiger partial charge in [-0.2, -0.15) is 0 Å². The second kappa shape index (κ2) is 8.07. The highest BCUT2D eigenvalue weighted by molar-refractivity contribution is 7.80. The Morgan fingerprint density at radius 3 is 2.44 bits per heavy atom. The second-order valence-electron chi connectivity index (χ2n) is 5.95. The summed E-state index contributed by atoms with van der Waals surface area (Å²) < 4.78 is 13.7. The van der Waals surface area contributed by atoms with Gasteiger partial charge in [0.15, 0.2) is 5.11 Å². The number of carbonyl (C=O) groups excluding carboxylic acids is 1. The molecule has 0 atom stereocenters. The van der Waals surface area contributed by atoms with E-state index in [9.17, 15) is 9.18 Å². The van der Waals surface area contributed by atoms with Gasteiger partial charge in [-0.3, -0.25) is 10.1 Å². The number of halogens is 1. The van der Waals surface area contributed by atoms with Crippen molar-refractivity contribution >= 4 is 34.6 Å². The first-order valence-electron chi connectivity index (χ1n) is 8.36. The predicted octanol–water partition coefficient (Wildman–Crippen LogP) is 3.94. The Bertz CT molecular complexity index is 775. The third-order valence-corrected chi connectivity index (χ3v) is 4.40. The minimum atomic E-state index is -0.573. The summed E-state index contributed by atoms with van der Waals surface area (Å²) in [6.07, 6.45) is 3.59. The first-order chi connectivity index (χ1) is 12.1. The van der Waals surface area contributed by atoms with E-state index in [2.05, 4.69) is 15.5 Å². The Labute approximate surface area is 152 Å². The van der Waals surface area contributed by atoms with Crippen LogP contribution in [0.4, 0.5) is 15.8 Å². The van der Waals surface area contributed by atoms with E-state index in [1.165, 1.54) is 37.5 Å². The van der Waals surface area contributed by atoms with E-state index in [-0.39, 0.29) is 10.7 Å². The zero-order chi connectivity index (χ0) is 17.6. The van der Waals surface area contributed by atoms with Crippen molar-refractivity contribution in [2.24, 2.45) is 0 Å². The first kappa shape index (κ1) is 17.4. The number of rotatable bonds is 3. The van der Waals surface area contributed by atoms with Crippen molar-refractivity contribution in [3.05, 3.63) is 59.9 Å². The molecule has 1 aliphatic heterocycles. The fourth-order valence-corrected chi connectivity index (χ4v) is 3.16. The van der Waals surface area contributed by atoms with E-state index in [0.29, 0.717) is 0 Å². The highest BCUT2D eigenvalue weighted by atomic mass is 32.1. The molecule has 1 aliphatic rings. The molecule has 1 amide bonds. The van der Waals surface area contributed by atoms with Crippen molar-refractivity contribution in [3.63, 3.8) is 0 Å². The number of nitrogens with zero attached hydrogens (tertiary/aromatic N) is 1. The lowest BCUT2D eigenvalue weighted by molar-refractivity contribution is 0.0974. The molecule has 0 saturated carbocycles. The van der Waals surface area contributed by atoms with Crippen LogP contribution in [0.15, 0.2) is 48.5 Å². The Morgan fingerprint density at radius 1 is 1.00 bits per heavy atom. The molecule has 2 aromatic carbocycles. The van der Waals surface area contributed by atoms with Crippen molar-refractivity contribution in [2.75, 3.05) is 23.3 Å². The fourth-order valence-electron chi connectivity index (χ4n) is 2.96. The van der Waals surface area contributed by atoms with Gasteiger partial charge < -0.3 is 10.2 Å². The largest absolute Gasteiger partial charge is 0.370 e.